The predicted octanol–water partition coefficient (Wildman–Crippen LogP) is 3.97. The third-order valence-electron chi connectivity index (χ3n) is 3.03. The fraction of sp³-hybridized carbons (Fsp3) is 0.357. The van der Waals surface area contributed by atoms with Gasteiger partial charge in [0.15, 0.2) is 0 Å². The molecule has 0 aliphatic carbocycles. The summed E-state index contributed by atoms with van der Waals surface area (Å²) in [6, 6.07) is 5.44. The van der Waals surface area contributed by atoms with Crippen LogP contribution in [0.5, 0.6) is 0 Å². The van der Waals surface area contributed by atoms with Crippen molar-refractivity contribution in [1.29, 1.82) is 0 Å². The second kappa shape index (κ2) is 5.93. The molecule has 2 nitrogen and oxygen atoms in total. The highest BCUT2D eigenvalue weighted by atomic mass is 32.1. The average Bonchev–Trinajstić information content (AvgIpc) is 2.82. The highest BCUT2D eigenvalue weighted by molar-refractivity contribution is 7.11. The van der Waals surface area contributed by atoms with E-state index in [1.165, 1.54) is 12.1 Å². The van der Waals surface area contributed by atoms with Crippen LogP contribution in [0.1, 0.15) is 27.1 Å². The molecule has 1 N–H and O–H groups in total. The molecule has 0 radical (unpaired) electrons. The number of aromatic nitrogens is 1. The van der Waals surface area contributed by atoms with E-state index in [4.69, 9.17) is 0 Å². The summed E-state index contributed by atoms with van der Waals surface area (Å²) >= 11 is 1.55. The van der Waals surface area contributed by atoms with Crippen LogP contribution in [-0.4, -0.2) is 12.0 Å². The summed E-state index contributed by atoms with van der Waals surface area (Å²) in [5, 5.41) is 4.08. The number of likely N-dealkylation sites (N-methyl/N-ethyl adjacent to an activating group) is 1. The fourth-order valence-corrected chi connectivity index (χ4v) is 2.89. The molecular weight excluding hydrogens is 285 g/mol. The summed E-state index contributed by atoms with van der Waals surface area (Å²) in [5.74, 6) is 0. The van der Waals surface area contributed by atoms with E-state index in [-0.39, 0.29) is 6.04 Å². The first kappa shape index (κ1) is 15.0. The van der Waals surface area contributed by atoms with E-state index in [0.29, 0.717) is 12.0 Å². The van der Waals surface area contributed by atoms with E-state index >= 15 is 0 Å². The van der Waals surface area contributed by atoms with Gasteiger partial charge in [0, 0.05) is 17.1 Å². The lowest BCUT2D eigenvalue weighted by molar-refractivity contribution is -0.137. The molecule has 0 fully saturated rings. The van der Waals surface area contributed by atoms with Gasteiger partial charge in [0.25, 0.3) is 0 Å². The molecule has 0 saturated carbocycles. The Labute approximate surface area is 119 Å². The van der Waals surface area contributed by atoms with Crippen molar-refractivity contribution in [3.05, 3.63) is 51.5 Å². The predicted molar refractivity (Wildman–Crippen MR) is 73.8 cm³/mol. The molecule has 1 atom stereocenters. The number of nitrogens with one attached hydrogen (secondary N) is 1. The van der Waals surface area contributed by atoms with Crippen LogP contribution in [0.3, 0.4) is 0 Å². The molecule has 1 aromatic heterocycles. The topological polar surface area (TPSA) is 24.9 Å². The maximum Gasteiger partial charge on any atom is 0.416 e. The van der Waals surface area contributed by atoms with Crippen molar-refractivity contribution in [2.24, 2.45) is 0 Å². The number of hydrogen-bond acceptors (Lipinski definition) is 3. The van der Waals surface area contributed by atoms with Crippen molar-refractivity contribution in [3.8, 4) is 0 Å². The molecule has 0 amide bonds. The Balaban J connectivity index is 2.20. The van der Waals surface area contributed by atoms with Gasteiger partial charge in [-0.3, -0.25) is 0 Å². The van der Waals surface area contributed by atoms with Gasteiger partial charge in [-0.15, -0.1) is 11.3 Å². The third kappa shape index (κ3) is 3.58. The summed E-state index contributed by atoms with van der Waals surface area (Å²) in [4.78, 5) is 5.21. The van der Waals surface area contributed by atoms with Crippen LogP contribution in [0.4, 0.5) is 13.2 Å². The van der Waals surface area contributed by atoms with E-state index in [1.54, 1.807) is 30.6 Å². The van der Waals surface area contributed by atoms with Crippen molar-refractivity contribution >= 4 is 11.3 Å². The second-order valence-corrected chi connectivity index (χ2v) is 5.79. The van der Waals surface area contributed by atoms with Crippen LogP contribution in [0.2, 0.25) is 0 Å². The standard InChI is InChI=1S/C14H15F3N2S/c1-9-19-8-13(20-9)12(18-2)7-10-4-3-5-11(6-10)14(15,16)17/h3-6,8,12,18H,7H2,1-2H3. The van der Waals surface area contributed by atoms with Gasteiger partial charge in [0.05, 0.1) is 10.6 Å². The summed E-state index contributed by atoms with van der Waals surface area (Å²) in [6.45, 7) is 1.91. The second-order valence-electron chi connectivity index (χ2n) is 4.53. The van der Waals surface area contributed by atoms with Crippen molar-refractivity contribution in [2.45, 2.75) is 25.6 Å². The van der Waals surface area contributed by atoms with E-state index in [2.05, 4.69) is 10.3 Å². The lowest BCUT2D eigenvalue weighted by atomic mass is 10.0. The van der Waals surface area contributed by atoms with Gasteiger partial charge in [-0.25, -0.2) is 4.98 Å². The number of aryl methyl sites for hydroxylation is 1. The van der Waals surface area contributed by atoms with Crippen LogP contribution < -0.4 is 5.32 Å². The first-order valence-electron chi connectivity index (χ1n) is 6.16. The summed E-state index contributed by atoms with van der Waals surface area (Å²) < 4.78 is 38.1. The van der Waals surface area contributed by atoms with Crippen LogP contribution in [0.15, 0.2) is 30.5 Å². The zero-order valence-electron chi connectivity index (χ0n) is 11.2. The number of rotatable bonds is 4. The van der Waals surface area contributed by atoms with E-state index in [9.17, 15) is 13.2 Å². The quantitative estimate of drug-likeness (QED) is 0.924. The molecule has 2 rings (SSSR count). The molecule has 0 spiro atoms. The Morgan fingerprint density at radius 3 is 2.65 bits per heavy atom. The van der Waals surface area contributed by atoms with Crippen molar-refractivity contribution in [2.75, 3.05) is 7.05 Å². The van der Waals surface area contributed by atoms with Gasteiger partial charge in [-0.2, -0.15) is 13.2 Å². The van der Waals surface area contributed by atoms with E-state index in [1.807, 2.05) is 6.92 Å². The minimum absolute atomic E-state index is 0.0234. The van der Waals surface area contributed by atoms with Crippen molar-refractivity contribution < 1.29 is 13.2 Å². The first-order chi connectivity index (χ1) is 9.40. The molecule has 1 unspecified atom stereocenters. The molecule has 2 aromatic rings. The molecule has 6 heteroatoms. The minimum atomic E-state index is -4.30. The lowest BCUT2D eigenvalue weighted by Crippen LogP contribution is -2.18. The molecule has 0 saturated heterocycles. The molecule has 0 bridgehead atoms. The number of hydrogen-bond donors (Lipinski definition) is 1. The van der Waals surface area contributed by atoms with Crippen LogP contribution in [-0.2, 0) is 12.6 Å². The van der Waals surface area contributed by atoms with Gasteiger partial charge in [0.2, 0.25) is 0 Å². The summed E-state index contributed by atoms with van der Waals surface area (Å²) in [6.07, 6.45) is -2.02. The maximum absolute atomic E-state index is 12.7. The Morgan fingerprint density at radius 1 is 1.35 bits per heavy atom. The fourth-order valence-electron chi connectivity index (χ4n) is 1.99. The Morgan fingerprint density at radius 2 is 2.10 bits per heavy atom. The van der Waals surface area contributed by atoms with Gasteiger partial charge >= 0.3 is 6.18 Å². The number of alkyl halides is 3. The van der Waals surface area contributed by atoms with Gasteiger partial charge in [-0.05, 0) is 32.0 Å². The van der Waals surface area contributed by atoms with Crippen molar-refractivity contribution in [1.82, 2.24) is 10.3 Å². The van der Waals surface area contributed by atoms with Crippen LogP contribution in [0, 0.1) is 6.92 Å². The van der Waals surface area contributed by atoms with Gasteiger partial charge in [-0.1, -0.05) is 18.2 Å². The summed E-state index contributed by atoms with van der Waals surface area (Å²) in [5.41, 5.74) is 0.0515. The largest absolute Gasteiger partial charge is 0.416 e. The smallest absolute Gasteiger partial charge is 0.312 e. The van der Waals surface area contributed by atoms with E-state index in [0.717, 1.165) is 16.0 Å². The molecule has 1 heterocycles. The zero-order chi connectivity index (χ0) is 14.8. The molecule has 108 valence electrons. The average molecular weight is 300 g/mol. The SMILES string of the molecule is CNC(Cc1cccc(C(F)(F)F)c1)c1cnc(C)s1. The minimum Gasteiger partial charge on any atom is -0.312 e. The molecule has 0 aliphatic heterocycles. The molecule has 1 aromatic carbocycles. The number of halogens is 3. The lowest BCUT2D eigenvalue weighted by Gasteiger charge is -2.15. The zero-order valence-corrected chi connectivity index (χ0v) is 12.0. The number of thiazole rings is 1. The normalized spacial score (nSPS) is 13.4. The third-order valence-corrected chi connectivity index (χ3v) is 4.05. The van der Waals surface area contributed by atoms with Crippen LogP contribution in [0.25, 0.3) is 0 Å². The molecule has 0 aliphatic rings. The van der Waals surface area contributed by atoms with Crippen LogP contribution >= 0.6 is 11.3 Å². The van der Waals surface area contributed by atoms with E-state index < -0.39 is 11.7 Å². The monoisotopic (exact) mass is 300 g/mol. The number of benzene rings is 1. The molecular formula is C14H15F3N2S. The Kier molecular flexibility index (Phi) is 4.45. The van der Waals surface area contributed by atoms with Crippen molar-refractivity contribution in [3.63, 3.8) is 0 Å². The Hall–Kier alpha value is -1.40. The highest BCUT2D eigenvalue weighted by Gasteiger charge is 2.30. The summed E-state index contributed by atoms with van der Waals surface area (Å²) in [7, 11) is 1.80. The molecule has 20 heavy (non-hydrogen) atoms. The maximum atomic E-state index is 12.7. The highest BCUT2D eigenvalue weighted by Crippen LogP contribution is 2.31. The first-order valence-corrected chi connectivity index (χ1v) is 6.97. The van der Waals surface area contributed by atoms with Gasteiger partial charge in [0.1, 0.15) is 0 Å². The van der Waals surface area contributed by atoms with Gasteiger partial charge < -0.3 is 5.32 Å². The Bertz CT molecular complexity index is 578. The number of nitrogens with zero attached hydrogens (tertiary/aromatic N) is 1.